The summed E-state index contributed by atoms with van der Waals surface area (Å²) in [5.74, 6) is 3.72. The van der Waals surface area contributed by atoms with Gasteiger partial charge in [-0.25, -0.2) is 9.97 Å². The van der Waals surface area contributed by atoms with Crippen molar-refractivity contribution in [1.82, 2.24) is 9.97 Å². The van der Waals surface area contributed by atoms with E-state index < -0.39 is 0 Å². The van der Waals surface area contributed by atoms with E-state index in [1.807, 2.05) is 11.8 Å². The van der Waals surface area contributed by atoms with Crippen molar-refractivity contribution in [3.8, 4) is 0 Å². The Morgan fingerprint density at radius 3 is 2.71 bits per heavy atom. The molecule has 1 rings (SSSR count). The van der Waals surface area contributed by atoms with Crippen LogP contribution in [0.5, 0.6) is 0 Å². The number of hydrogen-bond donors (Lipinski definition) is 1. The number of anilines is 1. The van der Waals surface area contributed by atoms with Gasteiger partial charge in [0.15, 0.2) is 0 Å². The van der Waals surface area contributed by atoms with Crippen molar-refractivity contribution in [3.05, 3.63) is 15.1 Å². The van der Waals surface area contributed by atoms with Crippen LogP contribution >= 0.6 is 34.4 Å². The Balaban J connectivity index is 2.98. The fourth-order valence-electron chi connectivity index (χ4n) is 1.32. The molecular formula is C11H18IN3OS. The van der Waals surface area contributed by atoms with Crippen molar-refractivity contribution in [2.75, 3.05) is 24.7 Å². The highest BCUT2D eigenvalue weighted by Crippen LogP contribution is 2.21. The molecule has 0 atom stereocenters. The Hall–Kier alpha value is -0.0800. The number of nitrogens with zero attached hydrogens (tertiary/aromatic N) is 2. The molecule has 0 radical (unpaired) electrons. The summed E-state index contributed by atoms with van der Waals surface area (Å²) in [4.78, 5) is 9.07. The number of rotatable bonds is 7. The van der Waals surface area contributed by atoms with Gasteiger partial charge in [-0.1, -0.05) is 6.92 Å². The van der Waals surface area contributed by atoms with Gasteiger partial charge in [-0.05, 0) is 35.3 Å². The zero-order valence-corrected chi connectivity index (χ0v) is 13.4. The average molecular weight is 367 g/mol. The Kier molecular flexibility index (Phi) is 7.14. The van der Waals surface area contributed by atoms with E-state index >= 15 is 0 Å². The van der Waals surface area contributed by atoms with E-state index in [0.717, 1.165) is 39.0 Å². The summed E-state index contributed by atoms with van der Waals surface area (Å²) in [6.45, 7) is 5.59. The van der Waals surface area contributed by atoms with Gasteiger partial charge in [-0.15, -0.1) is 0 Å². The number of ether oxygens (including phenoxy) is 1. The van der Waals surface area contributed by atoms with E-state index in [4.69, 9.17) is 4.74 Å². The molecule has 0 unspecified atom stereocenters. The summed E-state index contributed by atoms with van der Waals surface area (Å²) in [6.07, 6.45) is 0. The van der Waals surface area contributed by atoms with E-state index in [0.29, 0.717) is 6.61 Å². The maximum Gasteiger partial charge on any atom is 0.143 e. The first kappa shape index (κ1) is 15.0. The summed E-state index contributed by atoms with van der Waals surface area (Å²) in [5.41, 5.74) is 0.964. The number of methoxy groups -OCH3 is 1. The highest BCUT2D eigenvalue weighted by atomic mass is 127. The zero-order valence-electron chi connectivity index (χ0n) is 10.4. The Labute approximate surface area is 120 Å². The fourth-order valence-corrected chi connectivity index (χ4v) is 2.42. The van der Waals surface area contributed by atoms with Gasteiger partial charge in [0.1, 0.15) is 11.6 Å². The molecule has 6 heteroatoms. The Bertz CT molecular complexity index is 336. The first-order chi connectivity index (χ1) is 8.22. The lowest BCUT2D eigenvalue weighted by molar-refractivity contribution is 0.180. The molecule has 1 heterocycles. The van der Waals surface area contributed by atoms with Gasteiger partial charge < -0.3 is 10.1 Å². The monoisotopic (exact) mass is 367 g/mol. The quantitative estimate of drug-likeness (QED) is 0.751. The van der Waals surface area contributed by atoms with Crippen molar-refractivity contribution < 1.29 is 4.74 Å². The van der Waals surface area contributed by atoms with Gasteiger partial charge in [-0.3, -0.25) is 0 Å². The van der Waals surface area contributed by atoms with Crippen LogP contribution in [0.3, 0.4) is 0 Å². The third kappa shape index (κ3) is 4.59. The first-order valence-corrected chi connectivity index (χ1v) is 7.82. The maximum absolute atomic E-state index is 5.17. The average Bonchev–Trinajstić information content (AvgIpc) is 2.32. The topological polar surface area (TPSA) is 47.0 Å². The van der Waals surface area contributed by atoms with E-state index in [2.05, 4.69) is 51.7 Å². The maximum atomic E-state index is 5.17. The summed E-state index contributed by atoms with van der Waals surface area (Å²) < 4.78 is 6.22. The van der Waals surface area contributed by atoms with Crippen LogP contribution in [-0.2, 0) is 17.1 Å². The second-order valence-electron chi connectivity index (χ2n) is 3.35. The van der Waals surface area contributed by atoms with Crippen molar-refractivity contribution in [2.24, 2.45) is 0 Å². The summed E-state index contributed by atoms with van der Waals surface area (Å²) >= 11 is 4.09. The van der Waals surface area contributed by atoms with Crippen LogP contribution in [-0.4, -0.2) is 29.4 Å². The minimum absolute atomic E-state index is 0.531. The standard InChI is InChI=1S/C11H18IN3OS/c1-4-13-11-10(12)8(6-16-3)14-9(15-11)7-17-5-2/h4-7H2,1-3H3,(H,13,14,15). The third-order valence-electron chi connectivity index (χ3n) is 2.03. The number of hydrogen-bond acceptors (Lipinski definition) is 5. The van der Waals surface area contributed by atoms with Crippen molar-refractivity contribution in [2.45, 2.75) is 26.2 Å². The minimum Gasteiger partial charge on any atom is -0.378 e. The van der Waals surface area contributed by atoms with Gasteiger partial charge in [0.05, 0.1) is 21.6 Å². The smallest absolute Gasteiger partial charge is 0.143 e. The summed E-state index contributed by atoms with van der Waals surface area (Å²) in [7, 11) is 1.69. The molecule has 17 heavy (non-hydrogen) atoms. The molecule has 0 fully saturated rings. The molecule has 96 valence electrons. The number of aromatic nitrogens is 2. The third-order valence-corrected chi connectivity index (χ3v) is 4.03. The van der Waals surface area contributed by atoms with E-state index in [1.165, 1.54) is 0 Å². The van der Waals surface area contributed by atoms with Crippen LogP contribution in [0.15, 0.2) is 0 Å². The lowest BCUT2D eigenvalue weighted by atomic mass is 10.4. The van der Waals surface area contributed by atoms with Gasteiger partial charge in [-0.2, -0.15) is 11.8 Å². The van der Waals surface area contributed by atoms with Crippen molar-refractivity contribution in [3.63, 3.8) is 0 Å². The molecule has 1 N–H and O–H groups in total. The molecule has 0 spiro atoms. The molecule has 0 saturated carbocycles. The predicted octanol–water partition coefficient (Wildman–Crippen LogP) is 2.91. The Morgan fingerprint density at radius 2 is 2.12 bits per heavy atom. The molecule has 0 amide bonds. The largest absolute Gasteiger partial charge is 0.378 e. The second kappa shape index (κ2) is 8.10. The SMILES string of the molecule is CCNc1nc(CSCC)nc(COC)c1I. The first-order valence-electron chi connectivity index (χ1n) is 5.58. The number of thioether (sulfide) groups is 1. The van der Waals surface area contributed by atoms with Crippen molar-refractivity contribution in [1.29, 1.82) is 0 Å². The van der Waals surface area contributed by atoms with E-state index in [9.17, 15) is 0 Å². The van der Waals surface area contributed by atoms with Gasteiger partial charge in [0.2, 0.25) is 0 Å². The van der Waals surface area contributed by atoms with Crippen LogP contribution in [0, 0.1) is 3.57 Å². The lowest BCUT2D eigenvalue weighted by Crippen LogP contribution is -2.10. The summed E-state index contributed by atoms with van der Waals surface area (Å²) in [6, 6.07) is 0. The zero-order chi connectivity index (χ0) is 12.7. The van der Waals surface area contributed by atoms with E-state index in [-0.39, 0.29) is 0 Å². The molecular weight excluding hydrogens is 349 g/mol. The van der Waals surface area contributed by atoms with Crippen LogP contribution in [0.4, 0.5) is 5.82 Å². The summed E-state index contributed by atoms with van der Waals surface area (Å²) in [5, 5.41) is 3.27. The van der Waals surface area contributed by atoms with Crippen LogP contribution in [0.1, 0.15) is 25.4 Å². The van der Waals surface area contributed by atoms with Crippen LogP contribution in [0.25, 0.3) is 0 Å². The molecule has 1 aromatic heterocycles. The molecule has 0 bridgehead atoms. The second-order valence-corrected chi connectivity index (χ2v) is 5.70. The molecule has 0 aliphatic heterocycles. The molecule has 0 saturated heterocycles. The molecule has 4 nitrogen and oxygen atoms in total. The minimum atomic E-state index is 0.531. The molecule has 1 aromatic rings. The predicted molar refractivity (Wildman–Crippen MR) is 81.5 cm³/mol. The van der Waals surface area contributed by atoms with E-state index in [1.54, 1.807) is 7.11 Å². The Morgan fingerprint density at radius 1 is 1.35 bits per heavy atom. The number of halogens is 1. The number of nitrogens with one attached hydrogen (secondary N) is 1. The van der Waals surface area contributed by atoms with Crippen LogP contribution < -0.4 is 5.32 Å². The highest BCUT2D eigenvalue weighted by molar-refractivity contribution is 14.1. The van der Waals surface area contributed by atoms with Crippen molar-refractivity contribution >= 4 is 40.2 Å². The normalized spacial score (nSPS) is 10.6. The molecule has 0 aliphatic rings. The van der Waals surface area contributed by atoms with Crippen LogP contribution in [0.2, 0.25) is 0 Å². The van der Waals surface area contributed by atoms with Gasteiger partial charge in [0, 0.05) is 13.7 Å². The molecule has 0 aliphatic carbocycles. The van der Waals surface area contributed by atoms with Gasteiger partial charge in [0.25, 0.3) is 0 Å². The fraction of sp³-hybridized carbons (Fsp3) is 0.636. The lowest BCUT2D eigenvalue weighted by Gasteiger charge is -2.11. The van der Waals surface area contributed by atoms with Gasteiger partial charge >= 0.3 is 0 Å². The molecule has 0 aromatic carbocycles. The highest BCUT2D eigenvalue weighted by Gasteiger charge is 2.11.